The molecule has 90 valence electrons. The van der Waals surface area contributed by atoms with Crippen LogP contribution >= 0.6 is 0 Å². The summed E-state index contributed by atoms with van der Waals surface area (Å²) in [4.78, 5) is 0.0504. The summed E-state index contributed by atoms with van der Waals surface area (Å²) in [6.45, 7) is 0. The van der Waals surface area contributed by atoms with Crippen LogP contribution in [-0.2, 0) is 9.84 Å². The quantitative estimate of drug-likeness (QED) is 0.488. The summed E-state index contributed by atoms with van der Waals surface area (Å²) in [5, 5.41) is 26.1. The van der Waals surface area contributed by atoms with Crippen molar-refractivity contribution in [2.75, 3.05) is 12.0 Å². The summed E-state index contributed by atoms with van der Waals surface area (Å²) in [6.07, 6.45) is 0.999. The second-order valence-corrected chi connectivity index (χ2v) is 5.46. The molecule has 1 aromatic heterocycles. The van der Waals surface area contributed by atoms with E-state index in [1.54, 1.807) is 0 Å². The molecular formula is C8H8N4O4S. The molecule has 8 nitrogen and oxygen atoms in total. The van der Waals surface area contributed by atoms with Gasteiger partial charge in [-0.2, -0.15) is 0 Å². The number of nitrogens with two attached hydrogens (primary N) is 1. The predicted octanol–water partition coefficient (Wildman–Crippen LogP) is -1.51. The van der Waals surface area contributed by atoms with Crippen molar-refractivity contribution in [2.24, 2.45) is 0 Å². The van der Waals surface area contributed by atoms with Crippen molar-refractivity contribution >= 4 is 26.8 Å². The van der Waals surface area contributed by atoms with Crippen LogP contribution in [0.1, 0.15) is 0 Å². The van der Waals surface area contributed by atoms with Crippen molar-refractivity contribution in [1.82, 2.24) is 5.10 Å². The van der Waals surface area contributed by atoms with E-state index < -0.39 is 15.8 Å². The highest BCUT2D eigenvalue weighted by molar-refractivity contribution is 7.90. The third-order valence-corrected chi connectivity index (χ3v) is 3.31. The largest absolute Gasteiger partial charge is 0.739 e. The van der Waals surface area contributed by atoms with E-state index in [2.05, 4.69) is 5.10 Å². The number of nitrogen functional groups attached to an aromatic ring is 1. The van der Waals surface area contributed by atoms with Crippen LogP contribution in [0.5, 0.6) is 0 Å². The minimum Gasteiger partial charge on any atom is -0.739 e. The Morgan fingerprint density at radius 2 is 1.94 bits per heavy atom. The van der Waals surface area contributed by atoms with Crippen LogP contribution in [0.3, 0.4) is 0 Å². The highest BCUT2D eigenvalue weighted by atomic mass is 32.2. The minimum atomic E-state index is -3.46. The van der Waals surface area contributed by atoms with Gasteiger partial charge >= 0.3 is 11.5 Å². The number of fused-ring (bicyclic) bond motifs is 1. The first kappa shape index (κ1) is 11.3. The van der Waals surface area contributed by atoms with Crippen LogP contribution in [0.4, 0.5) is 5.95 Å². The molecule has 17 heavy (non-hydrogen) atoms. The Bertz CT molecular complexity index is 713. The zero-order valence-corrected chi connectivity index (χ0v) is 9.51. The maximum Gasteiger partial charge on any atom is 0.458 e. The van der Waals surface area contributed by atoms with E-state index in [-0.39, 0.29) is 25.5 Å². The SMILES string of the molecule is CS(=O)(=O)c1ccc2c(c1)[n+]([O-])nc(N)[n+]2[O-]. The molecule has 0 unspecified atom stereocenters. The van der Waals surface area contributed by atoms with Crippen LogP contribution in [0, 0.1) is 10.4 Å². The first-order valence-corrected chi connectivity index (χ1v) is 6.32. The van der Waals surface area contributed by atoms with Crippen molar-refractivity contribution in [3.63, 3.8) is 0 Å². The molecule has 0 saturated heterocycles. The molecule has 9 heteroatoms. The van der Waals surface area contributed by atoms with E-state index in [9.17, 15) is 18.8 Å². The van der Waals surface area contributed by atoms with Gasteiger partial charge in [-0.1, -0.05) is 0 Å². The zero-order valence-electron chi connectivity index (χ0n) is 8.69. The first-order valence-electron chi connectivity index (χ1n) is 4.43. The minimum absolute atomic E-state index is 0.0418. The first-order chi connectivity index (χ1) is 7.80. The summed E-state index contributed by atoms with van der Waals surface area (Å²) < 4.78 is 22.9. The van der Waals surface area contributed by atoms with Crippen LogP contribution in [0.25, 0.3) is 11.0 Å². The Labute approximate surface area is 96.0 Å². The molecule has 0 fully saturated rings. The number of hydrogen-bond acceptors (Lipinski definition) is 6. The molecule has 1 heterocycles. The molecule has 2 rings (SSSR count). The monoisotopic (exact) mass is 256 g/mol. The van der Waals surface area contributed by atoms with Crippen molar-refractivity contribution in [1.29, 1.82) is 0 Å². The topological polar surface area (TPSA) is 127 Å². The fraction of sp³-hybridized carbons (Fsp3) is 0.125. The fourth-order valence-electron chi connectivity index (χ4n) is 1.37. The smallest absolute Gasteiger partial charge is 0.458 e. The average molecular weight is 256 g/mol. The van der Waals surface area contributed by atoms with Gasteiger partial charge in [0.2, 0.25) is 5.10 Å². The Hall–Kier alpha value is -2.16. The average Bonchev–Trinajstić information content (AvgIpc) is 2.24. The van der Waals surface area contributed by atoms with Gasteiger partial charge in [-0.3, -0.25) is 5.73 Å². The molecule has 2 aromatic rings. The van der Waals surface area contributed by atoms with Gasteiger partial charge in [-0.15, -0.1) is 0 Å². The number of aromatic nitrogens is 3. The molecule has 0 amide bonds. The predicted molar refractivity (Wildman–Crippen MR) is 57.2 cm³/mol. The number of anilines is 1. The standard InChI is InChI=1S/C8H8N4O4S/c1-17(15,16)5-2-3-6-7(4-5)12(14)10-8(9)11(6)13/h2-4H,1H3,(H2,9,10). The molecule has 2 N–H and O–H groups in total. The highest BCUT2D eigenvalue weighted by Gasteiger charge is 2.19. The van der Waals surface area contributed by atoms with Gasteiger partial charge in [-0.05, 0) is 12.1 Å². The number of sulfone groups is 1. The Morgan fingerprint density at radius 1 is 1.29 bits per heavy atom. The van der Waals surface area contributed by atoms with Gasteiger partial charge in [0, 0.05) is 17.2 Å². The summed E-state index contributed by atoms with van der Waals surface area (Å²) in [7, 11) is -3.46. The number of nitrogens with zero attached hydrogens (tertiary/aromatic N) is 3. The van der Waals surface area contributed by atoms with Crippen LogP contribution in [0.15, 0.2) is 23.1 Å². The van der Waals surface area contributed by atoms with Gasteiger partial charge in [0.1, 0.15) is 0 Å². The zero-order chi connectivity index (χ0) is 12.8. The van der Waals surface area contributed by atoms with Crippen molar-refractivity contribution in [3.05, 3.63) is 28.6 Å². The molecule has 0 aliphatic carbocycles. The Balaban J connectivity index is 2.89. The molecule has 0 spiro atoms. The summed E-state index contributed by atoms with van der Waals surface area (Å²) in [5.74, 6) is -0.500. The van der Waals surface area contributed by atoms with Gasteiger partial charge in [-0.25, -0.2) is 13.1 Å². The normalized spacial score (nSPS) is 11.8. The molecule has 0 atom stereocenters. The molecule has 0 radical (unpaired) electrons. The molecule has 0 saturated carbocycles. The molecule has 0 aliphatic heterocycles. The van der Waals surface area contributed by atoms with E-state index in [1.165, 1.54) is 12.1 Å². The van der Waals surface area contributed by atoms with Gasteiger partial charge in [0.25, 0.3) is 0 Å². The van der Waals surface area contributed by atoms with Crippen LogP contribution in [-0.4, -0.2) is 19.8 Å². The van der Waals surface area contributed by atoms with Gasteiger partial charge < -0.3 is 10.4 Å². The molecule has 1 aromatic carbocycles. The lowest BCUT2D eigenvalue weighted by molar-refractivity contribution is -0.672. The third-order valence-electron chi connectivity index (χ3n) is 2.20. The van der Waals surface area contributed by atoms with E-state index in [0.29, 0.717) is 0 Å². The fourth-order valence-corrected chi connectivity index (χ4v) is 2.01. The number of hydrogen-bond donors (Lipinski definition) is 1. The number of rotatable bonds is 1. The maximum atomic E-state index is 11.5. The lowest BCUT2D eigenvalue weighted by Gasteiger charge is -2.07. The third kappa shape index (κ3) is 1.80. The highest BCUT2D eigenvalue weighted by Crippen LogP contribution is 2.13. The lowest BCUT2D eigenvalue weighted by atomic mass is 10.3. The van der Waals surface area contributed by atoms with E-state index in [4.69, 9.17) is 5.73 Å². The van der Waals surface area contributed by atoms with Crippen LogP contribution < -0.4 is 15.3 Å². The van der Waals surface area contributed by atoms with Crippen molar-refractivity contribution in [2.45, 2.75) is 4.90 Å². The summed E-state index contributed by atoms with van der Waals surface area (Å²) in [6, 6.07) is 3.52. The lowest BCUT2D eigenvalue weighted by Crippen LogP contribution is -2.44. The molecular weight excluding hydrogens is 248 g/mol. The summed E-state index contributed by atoms with van der Waals surface area (Å²) >= 11 is 0. The van der Waals surface area contributed by atoms with Gasteiger partial charge in [0.15, 0.2) is 15.4 Å². The van der Waals surface area contributed by atoms with E-state index in [1.807, 2.05) is 0 Å². The number of benzene rings is 1. The molecule has 0 bridgehead atoms. The Morgan fingerprint density at radius 3 is 2.53 bits per heavy atom. The van der Waals surface area contributed by atoms with Crippen molar-refractivity contribution < 1.29 is 18.0 Å². The maximum absolute atomic E-state index is 11.5. The van der Waals surface area contributed by atoms with E-state index >= 15 is 0 Å². The van der Waals surface area contributed by atoms with Crippen LogP contribution in [0.2, 0.25) is 0 Å². The van der Waals surface area contributed by atoms with Gasteiger partial charge in [0.05, 0.1) is 4.90 Å². The van der Waals surface area contributed by atoms with Crippen molar-refractivity contribution in [3.8, 4) is 0 Å². The molecule has 0 aliphatic rings. The second-order valence-electron chi connectivity index (χ2n) is 3.45. The summed E-state index contributed by atoms with van der Waals surface area (Å²) in [5.41, 5.74) is 5.01. The van der Waals surface area contributed by atoms with E-state index in [0.717, 1.165) is 12.3 Å². The second kappa shape index (κ2) is 3.42. The Kier molecular flexibility index (Phi) is 2.28.